The lowest BCUT2D eigenvalue weighted by molar-refractivity contribution is -0.130. The molecule has 1 saturated heterocycles. The number of aromatic nitrogens is 2. The number of nitrogens with zero attached hydrogens (tertiary/aromatic N) is 4. The van der Waals surface area contributed by atoms with E-state index in [0.717, 1.165) is 28.7 Å². The maximum Gasteiger partial charge on any atom is 0.248 e. The lowest BCUT2D eigenvalue weighted by atomic mass is 9.68. The van der Waals surface area contributed by atoms with Crippen LogP contribution < -0.4 is 16.8 Å². The van der Waals surface area contributed by atoms with Crippen LogP contribution in [-0.2, 0) is 23.1 Å². The third-order valence-corrected chi connectivity index (χ3v) is 9.18. The second kappa shape index (κ2) is 12.8. The molecule has 3 amide bonds. The number of hydrogen-bond acceptors (Lipinski definition) is 8. The summed E-state index contributed by atoms with van der Waals surface area (Å²) < 4.78 is 20.2. The Bertz CT molecular complexity index is 1830. The molecular formula is C35H34FN7O4. The van der Waals surface area contributed by atoms with Gasteiger partial charge < -0.3 is 26.1 Å². The minimum Gasteiger partial charge on any atom is -0.419 e. The zero-order chi connectivity index (χ0) is 33.3. The van der Waals surface area contributed by atoms with Crippen molar-refractivity contribution in [3.05, 3.63) is 106 Å². The number of rotatable bonds is 9. The van der Waals surface area contributed by atoms with Crippen molar-refractivity contribution in [3.63, 3.8) is 0 Å². The van der Waals surface area contributed by atoms with Gasteiger partial charge in [-0.25, -0.2) is 4.39 Å². The Morgan fingerprint density at radius 2 is 1.64 bits per heavy atom. The number of carbonyl (C=O) groups is 3. The van der Waals surface area contributed by atoms with Crippen LogP contribution in [0.1, 0.15) is 75.0 Å². The summed E-state index contributed by atoms with van der Waals surface area (Å²) in [6.45, 7) is 2.50. The molecule has 11 nitrogen and oxygen atoms in total. The van der Waals surface area contributed by atoms with Crippen LogP contribution in [0.4, 0.5) is 4.39 Å². The molecule has 0 radical (unpaired) electrons. The molecule has 2 heterocycles. The molecule has 0 spiro atoms. The Labute approximate surface area is 270 Å². The third kappa shape index (κ3) is 5.97. The summed E-state index contributed by atoms with van der Waals surface area (Å²) in [5, 5.41) is 21.8. The van der Waals surface area contributed by atoms with Crippen LogP contribution in [0.25, 0.3) is 11.5 Å². The highest BCUT2D eigenvalue weighted by Gasteiger charge is 2.47. The van der Waals surface area contributed by atoms with Crippen molar-refractivity contribution >= 4 is 17.7 Å². The van der Waals surface area contributed by atoms with Crippen molar-refractivity contribution in [2.75, 3.05) is 13.1 Å². The minimum atomic E-state index is -1.13. The summed E-state index contributed by atoms with van der Waals surface area (Å²) >= 11 is 0. The second-order valence-electron chi connectivity index (χ2n) is 12.2. The molecule has 0 saturated carbocycles. The van der Waals surface area contributed by atoms with Gasteiger partial charge in [-0.3, -0.25) is 14.4 Å². The predicted molar refractivity (Wildman–Crippen MR) is 169 cm³/mol. The molecule has 5 N–H and O–H groups in total. The fourth-order valence-electron chi connectivity index (χ4n) is 6.89. The van der Waals surface area contributed by atoms with E-state index in [9.17, 15) is 24.0 Å². The van der Waals surface area contributed by atoms with Gasteiger partial charge in [-0.15, -0.1) is 10.2 Å². The molecule has 47 heavy (non-hydrogen) atoms. The van der Waals surface area contributed by atoms with Gasteiger partial charge in [0.15, 0.2) is 0 Å². The van der Waals surface area contributed by atoms with Gasteiger partial charge in [0.1, 0.15) is 17.3 Å². The van der Waals surface area contributed by atoms with Crippen LogP contribution in [-0.4, -0.2) is 58.0 Å². The molecule has 4 aromatic rings. The molecule has 240 valence electrons. The van der Waals surface area contributed by atoms with Gasteiger partial charge in [0.05, 0.1) is 12.6 Å². The van der Waals surface area contributed by atoms with Crippen molar-refractivity contribution in [1.82, 2.24) is 20.4 Å². The zero-order valence-electron chi connectivity index (χ0n) is 25.8. The Morgan fingerprint density at radius 1 is 1.02 bits per heavy atom. The fraction of sp³-hybridized carbons (Fsp3) is 0.314. The molecule has 12 heteroatoms. The number of likely N-dealkylation sites (tertiary alicyclic amines) is 1. The standard InChI is InChI=1S/C35H34FN7O4/c1-20(40-19-30(44)43-14-2-3-27(43)18-37)17-35(34-42-41-33(47-34)21-6-10-26(36)11-7-21)28-12-8-24(31(38)45)15-22(28)4-5-23-16-25(32(39)46)9-13-29(23)35/h6-13,15-16,20,27,40H,2-5,14,17,19H2,1H3,(H2,38,45)(H2,39,46)/t20-,27?/m1/s1. The number of nitrogens with two attached hydrogens (primary N) is 2. The summed E-state index contributed by atoms with van der Waals surface area (Å²) in [5.74, 6) is -1.29. The number of primary amides is 2. The average Bonchev–Trinajstić information content (AvgIpc) is 3.74. The smallest absolute Gasteiger partial charge is 0.248 e. The number of benzene rings is 3. The minimum absolute atomic E-state index is 0.0149. The lowest BCUT2D eigenvalue weighted by Gasteiger charge is -2.36. The summed E-state index contributed by atoms with van der Waals surface area (Å²) in [5.41, 5.74) is 14.7. The van der Waals surface area contributed by atoms with E-state index in [1.165, 1.54) is 12.1 Å². The number of aryl methyl sites for hydroxylation is 2. The number of amides is 3. The predicted octanol–water partition coefficient (Wildman–Crippen LogP) is 3.39. The van der Waals surface area contributed by atoms with Crippen molar-refractivity contribution in [3.8, 4) is 17.5 Å². The largest absolute Gasteiger partial charge is 0.419 e. The first kappa shape index (κ1) is 31.6. The normalized spacial score (nSPS) is 17.2. The Balaban J connectivity index is 1.49. The quantitative estimate of drug-likeness (QED) is 0.250. The monoisotopic (exact) mass is 635 g/mol. The molecule has 1 aliphatic heterocycles. The highest BCUT2D eigenvalue weighted by atomic mass is 19.1. The van der Waals surface area contributed by atoms with Gasteiger partial charge >= 0.3 is 0 Å². The van der Waals surface area contributed by atoms with Crippen LogP contribution in [0.2, 0.25) is 0 Å². The number of hydrogen-bond donors (Lipinski definition) is 3. The van der Waals surface area contributed by atoms with Crippen molar-refractivity contribution in [2.24, 2.45) is 11.5 Å². The Morgan fingerprint density at radius 3 is 2.21 bits per heavy atom. The van der Waals surface area contributed by atoms with E-state index < -0.39 is 29.1 Å². The van der Waals surface area contributed by atoms with E-state index in [1.807, 2.05) is 19.1 Å². The summed E-state index contributed by atoms with van der Waals surface area (Å²) in [4.78, 5) is 39.3. The summed E-state index contributed by atoms with van der Waals surface area (Å²) in [6, 6.07) is 17.7. The van der Waals surface area contributed by atoms with Gasteiger partial charge in [-0.2, -0.15) is 5.26 Å². The maximum atomic E-state index is 13.7. The van der Waals surface area contributed by atoms with Crippen LogP contribution in [0.3, 0.4) is 0 Å². The Kier molecular flexibility index (Phi) is 8.58. The van der Waals surface area contributed by atoms with E-state index >= 15 is 0 Å². The molecular weight excluding hydrogens is 601 g/mol. The van der Waals surface area contributed by atoms with Crippen LogP contribution in [0.15, 0.2) is 65.1 Å². The molecule has 2 atom stereocenters. The van der Waals surface area contributed by atoms with E-state index in [2.05, 4.69) is 21.6 Å². The van der Waals surface area contributed by atoms with Crippen molar-refractivity contribution in [1.29, 1.82) is 5.26 Å². The van der Waals surface area contributed by atoms with Crippen molar-refractivity contribution in [2.45, 2.75) is 56.5 Å². The highest BCUT2D eigenvalue weighted by Crippen LogP contribution is 2.48. The average molecular weight is 636 g/mol. The summed E-state index contributed by atoms with van der Waals surface area (Å²) in [7, 11) is 0. The molecule has 1 unspecified atom stereocenters. The first-order valence-electron chi connectivity index (χ1n) is 15.5. The van der Waals surface area contributed by atoms with Gasteiger partial charge in [-0.1, -0.05) is 12.1 Å². The fourth-order valence-corrected chi connectivity index (χ4v) is 6.89. The lowest BCUT2D eigenvalue weighted by Crippen LogP contribution is -2.45. The molecule has 1 fully saturated rings. The SMILES string of the molecule is C[C@H](CC1(c2nnc(-c3ccc(F)cc3)o2)c2ccc(C(N)=O)cc2CCc2cc(C(N)=O)ccc21)NCC(=O)N1CCCC1C#N. The van der Waals surface area contributed by atoms with E-state index in [1.54, 1.807) is 41.3 Å². The molecule has 1 aliphatic carbocycles. The van der Waals surface area contributed by atoms with Crippen molar-refractivity contribution < 1.29 is 23.2 Å². The van der Waals surface area contributed by atoms with Gasteiger partial charge in [0, 0.05) is 29.3 Å². The molecule has 3 aromatic carbocycles. The number of halogens is 1. The number of carbonyl (C=O) groups excluding carboxylic acids is 3. The van der Waals surface area contributed by atoms with Crippen LogP contribution in [0, 0.1) is 17.1 Å². The van der Waals surface area contributed by atoms with Gasteiger partial charge in [0.2, 0.25) is 29.5 Å². The molecule has 2 aliphatic rings. The van der Waals surface area contributed by atoms with E-state index in [4.69, 9.17) is 15.9 Å². The first-order valence-corrected chi connectivity index (χ1v) is 15.5. The van der Waals surface area contributed by atoms with Gasteiger partial charge in [0.25, 0.3) is 0 Å². The number of fused-ring (bicyclic) bond motifs is 2. The van der Waals surface area contributed by atoms with Gasteiger partial charge in [-0.05, 0) is 110 Å². The van der Waals surface area contributed by atoms with E-state index in [-0.39, 0.29) is 30.3 Å². The molecule has 1 aromatic heterocycles. The third-order valence-electron chi connectivity index (χ3n) is 9.18. The maximum absolute atomic E-state index is 13.7. The zero-order valence-corrected chi connectivity index (χ0v) is 25.8. The summed E-state index contributed by atoms with van der Waals surface area (Å²) in [6.07, 6.45) is 2.78. The van der Waals surface area contributed by atoms with Crippen LogP contribution in [0.5, 0.6) is 0 Å². The number of nitriles is 1. The first-order chi connectivity index (χ1) is 22.6. The Hall–Kier alpha value is -5.41. The topological polar surface area (TPSA) is 181 Å². The number of nitrogens with one attached hydrogen (secondary N) is 1. The highest BCUT2D eigenvalue weighted by molar-refractivity contribution is 5.94. The van der Waals surface area contributed by atoms with Crippen LogP contribution >= 0.6 is 0 Å². The van der Waals surface area contributed by atoms with E-state index in [0.29, 0.717) is 48.9 Å². The molecule has 6 rings (SSSR count). The molecule has 0 bridgehead atoms. The second-order valence-corrected chi connectivity index (χ2v) is 12.2.